The van der Waals surface area contributed by atoms with E-state index in [1.54, 1.807) is 0 Å². The van der Waals surface area contributed by atoms with E-state index in [0.717, 1.165) is 23.3 Å². The summed E-state index contributed by atoms with van der Waals surface area (Å²) in [6.45, 7) is 2.36. The monoisotopic (exact) mass is 325 g/mol. The molecule has 4 nitrogen and oxygen atoms in total. The number of unbranched alkanes of at least 4 members (excludes halogenated alkanes) is 4. The molecule has 4 heteroatoms. The first kappa shape index (κ1) is 17.8. The molecule has 1 fully saturated rings. The van der Waals surface area contributed by atoms with E-state index in [2.05, 4.69) is 18.8 Å². The quantitative estimate of drug-likeness (QED) is 0.446. The van der Waals surface area contributed by atoms with Crippen LogP contribution in [0.4, 0.5) is 4.79 Å². The van der Waals surface area contributed by atoms with Crippen LogP contribution in [0.1, 0.15) is 50.6 Å². The highest BCUT2D eigenvalue weighted by molar-refractivity contribution is 6.00. The molecule has 0 spiro atoms. The van der Waals surface area contributed by atoms with Crippen LogP contribution in [0.5, 0.6) is 0 Å². The van der Waals surface area contributed by atoms with E-state index in [0.29, 0.717) is 0 Å². The van der Waals surface area contributed by atoms with Crippen molar-refractivity contribution >= 4 is 12.0 Å². The van der Waals surface area contributed by atoms with Crippen LogP contribution in [0.15, 0.2) is 42.5 Å². The number of hydrogen-bond donors (Lipinski definition) is 0. The number of hydrogen-bond acceptors (Lipinski definition) is 3. The standard InChI is InChI=1S/C20H23NO3/c1-2-3-4-5-6-7-8-12-15-19(22)21-18(16-24-20(21)23)17-13-10-9-11-14-17/h9-15,18H,2-6,16H2,1H3/b15-12+/t18-/m0/s1. The van der Waals surface area contributed by atoms with Crippen molar-refractivity contribution in [2.24, 2.45) is 0 Å². The number of imide groups is 1. The molecule has 2 rings (SSSR count). The highest BCUT2D eigenvalue weighted by Crippen LogP contribution is 2.27. The molecule has 0 radical (unpaired) electrons. The average molecular weight is 325 g/mol. The molecule has 24 heavy (non-hydrogen) atoms. The molecule has 2 amide bonds. The Labute approximate surface area is 143 Å². The molecule has 0 aliphatic carbocycles. The molecule has 1 saturated heterocycles. The predicted molar refractivity (Wildman–Crippen MR) is 93.1 cm³/mol. The Morgan fingerprint density at radius 2 is 2.08 bits per heavy atom. The lowest BCUT2D eigenvalue weighted by molar-refractivity contribution is -0.124. The van der Waals surface area contributed by atoms with Gasteiger partial charge < -0.3 is 4.74 Å². The van der Waals surface area contributed by atoms with Crippen molar-refractivity contribution in [3.8, 4) is 11.8 Å². The van der Waals surface area contributed by atoms with E-state index in [-0.39, 0.29) is 12.6 Å². The fraction of sp³-hybridized carbons (Fsp3) is 0.400. The third-order valence-corrected chi connectivity index (χ3v) is 3.86. The molecule has 0 bridgehead atoms. The summed E-state index contributed by atoms with van der Waals surface area (Å²) in [6, 6.07) is 9.03. The molecule has 1 aliphatic rings. The lowest BCUT2D eigenvalue weighted by Crippen LogP contribution is -2.32. The Kier molecular flexibility index (Phi) is 7.10. The van der Waals surface area contributed by atoms with Crippen LogP contribution < -0.4 is 0 Å². The Morgan fingerprint density at radius 1 is 1.29 bits per heavy atom. The van der Waals surface area contributed by atoms with Gasteiger partial charge in [0.25, 0.3) is 5.91 Å². The minimum absolute atomic E-state index is 0.186. The second-order valence-corrected chi connectivity index (χ2v) is 5.68. The molecule has 126 valence electrons. The first-order valence-corrected chi connectivity index (χ1v) is 8.44. The summed E-state index contributed by atoms with van der Waals surface area (Å²) in [6.07, 6.45) is 7.77. The smallest absolute Gasteiger partial charge is 0.417 e. The zero-order valence-corrected chi connectivity index (χ0v) is 14.0. The van der Waals surface area contributed by atoms with Crippen molar-refractivity contribution in [3.63, 3.8) is 0 Å². The van der Waals surface area contributed by atoms with Crippen LogP contribution >= 0.6 is 0 Å². The van der Waals surface area contributed by atoms with Crippen LogP contribution in [-0.2, 0) is 9.53 Å². The molecule has 0 N–H and O–H groups in total. The molecule has 0 aromatic heterocycles. The van der Waals surface area contributed by atoms with Crippen molar-refractivity contribution < 1.29 is 14.3 Å². The van der Waals surface area contributed by atoms with Gasteiger partial charge in [0.1, 0.15) is 12.6 Å². The van der Waals surface area contributed by atoms with Crippen LogP contribution in [-0.4, -0.2) is 23.5 Å². The van der Waals surface area contributed by atoms with E-state index < -0.39 is 12.0 Å². The highest BCUT2D eigenvalue weighted by Gasteiger charge is 2.37. The van der Waals surface area contributed by atoms with Gasteiger partial charge in [-0.15, -0.1) is 0 Å². The van der Waals surface area contributed by atoms with E-state index in [4.69, 9.17) is 4.74 Å². The fourth-order valence-electron chi connectivity index (χ4n) is 2.55. The topological polar surface area (TPSA) is 46.6 Å². The number of allylic oxidation sites excluding steroid dienone is 1. The number of ether oxygens (including phenoxy) is 1. The van der Waals surface area contributed by atoms with Gasteiger partial charge in [-0.2, -0.15) is 0 Å². The largest absolute Gasteiger partial charge is 0.446 e. The van der Waals surface area contributed by atoms with Gasteiger partial charge in [0.05, 0.1) is 0 Å². The highest BCUT2D eigenvalue weighted by atomic mass is 16.6. The Balaban J connectivity index is 1.91. The second-order valence-electron chi connectivity index (χ2n) is 5.68. The normalized spacial score (nSPS) is 16.8. The van der Waals surface area contributed by atoms with Gasteiger partial charge in [-0.1, -0.05) is 68.4 Å². The molecule has 1 aromatic rings. The zero-order valence-electron chi connectivity index (χ0n) is 14.0. The maximum atomic E-state index is 12.3. The molecular formula is C20H23NO3. The summed E-state index contributed by atoms with van der Waals surface area (Å²) in [5, 5.41) is 0. The van der Waals surface area contributed by atoms with Gasteiger partial charge in [-0.3, -0.25) is 4.79 Å². The van der Waals surface area contributed by atoms with Gasteiger partial charge >= 0.3 is 6.09 Å². The summed E-state index contributed by atoms with van der Waals surface area (Å²) in [5.74, 6) is 5.48. The van der Waals surface area contributed by atoms with Crippen molar-refractivity contribution in [1.29, 1.82) is 0 Å². The Hall–Kier alpha value is -2.54. The molecule has 0 saturated carbocycles. The predicted octanol–water partition coefficient (Wildman–Crippen LogP) is 4.24. The van der Waals surface area contributed by atoms with Crippen LogP contribution in [0.3, 0.4) is 0 Å². The first-order valence-electron chi connectivity index (χ1n) is 8.44. The summed E-state index contributed by atoms with van der Waals surface area (Å²) >= 11 is 0. The molecule has 1 aliphatic heterocycles. The van der Waals surface area contributed by atoms with E-state index in [9.17, 15) is 9.59 Å². The van der Waals surface area contributed by atoms with Crippen LogP contribution in [0.25, 0.3) is 0 Å². The number of carbonyl (C=O) groups excluding carboxylic acids is 2. The third kappa shape index (κ3) is 4.99. The van der Waals surface area contributed by atoms with E-state index >= 15 is 0 Å². The van der Waals surface area contributed by atoms with Crippen molar-refractivity contribution in [2.75, 3.05) is 6.61 Å². The molecule has 0 unspecified atom stereocenters. The van der Waals surface area contributed by atoms with Gasteiger partial charge in [0, 0.05) is 12.5 Å². The van der Waals surface area contributed by atoms with Gasteiger partial charge in [0.15, 0.2) is 0 Å². The number of cyclic esters (lactones) is 1. The summed E-state index contributed by atoms with van der Waals surface area (Å²) in [7, 11) is 0. The minimum atomic E-state index is -0.606. The van der Waals surface area contributed by atoms with Crippen molar-refractivity contribution in [3.05, 3.63) is 48.0 Å². The number of carbonyl (C=O) groups is 2. The number of rotatable bonds is 6. The van der Waals surface area contributed by atoms with E-state index in [1.807, 2.05) is 30.3 Å². The summed E-state index contributed by atoms with van der Waals surface area (Å²) < 4.78 is 5.03. The lowest BCUT2D eigenvalue weighted by atomic mass is 10.1. The second kappa shape index (κ2) is 9.57. The average Bonchev–Trinajstić information content (AvgIpc) is 2.99. The van der Waals surface area contributed by atoms with E-state index in [1.165, 1.54) is 31.4 Å². The molecule has 1 atom stereocenters. The van der Waals surface area contributed by atoms with Gasteiger partial charge in [-0.25, -0.2) is 9.69 Å². The third-order valence-electron chi connectivity index (χ3n) is 3.86. The summed E-state index contributed by atoms with van der Waals surface area (Å²) in [5.41, 5.74) is 0.882. The molecular weight excluding hydrogens is 302 g/mol. The Bertz CT molecular complexity index is 640. The van der Waals surface area contributed by atoms with Crippen molar-refractivity contribution in [1.82, 2.24) is 4.90 Å². The summed E-state index contributed by atoms with van der Waals surface area (Å²) in [4.78, 5) is 25.3. The number of benzene rings is 1. The zero-order chi connectivity index (χ0) is 17.2. The maximum absolute atomic E-state index is 12.3. The van der Waals surface area contributed by atoms with Gasteiger partial charge in [0.2, 0.25) is 0 Å². The first-order chi connectivity index (χ1) is 11.7. The van der Waals surface area contributed by atoms with Crippen LogP contribution in [0.2, 0.25) is 0 Å². The molecule has 1 aromatic carbocycles. The van der Waals surface area contributed by atoms with Crippen molar-refractivity contribution in [2.45, 2.75) is 45.1 Å². The fourth-order valence-corrected chi connectivity index (χ4v) is 2.55. The van der Waals surface area contributed by atoms with Gasteiger partial charge in [-0.05, 0) is 18.1 Å². The lowest BCUT2D eigenvalue weighted by Gasteiger charge is -2.17. The maximum Gasteiger partial charge on any atom is 0.417 e. The SMILES string of the molecule is CCCCCCC#C/C=C/C(=O)N1C(=O)OC[C@H]1c1ccccc1. The number of nitrogens with zero attached hydrogens (tertiary/aromatic N) is 1. The van der Waals surface area contributed by atoms with Crippen LogP contribution in [0, 0.1) is 11.8 Å². The molecule has 1 heterocycles. The number of amides is 2. The Morgan fingerprint density at radius 3 is 2.83 bits per heavy atom. The minimum Gasteiger partial charge on any atom is -0.446 e.